The lowest BCUT2D eigenvalue weighted by Crippen LogP contribution is -2.14. The van der Waals surface area contributed by atoms with Crippen LogP contribution in [-0.2, 0) is 14.3 Å². The summed E-state index contributed by atoms with van der Waals surface area (Å²) in [6.45, 7) is 1.25. The predicted octanol–water partition coefficient (Wildman–Crippen LogP) is 1.92. The number of nitrogens with one attached hydrogen (secondary N) is 1. The molecule has 0 aromatic heterocycles. The second-order valence-corrected chi connectivity index (χ2v) is 5.93. The van der Waals surface area contributed by atoms with E-state index >= 15 is 0 Å². The molecule has 0 spiro atoms. The van der Waals surface area contributed by atoms with E-state index in [0.29, 0.717) is 5.75 Å². The first-order valence-corrected chi connectivity index (χ1v) is 7.58. The Hall–Kier alpha value is -0.910. The standard InChI is InChI=1S/C12H12I2N2O4/c1-7(17)16-15-5-8-3-9(13)12(10(14)4-8)20-6-11(18)19-2/h3-5H,6H2,1-2H3,(H,16,17)/b15-5-. The van der Waals surface area contributed by atoms with Crippen molar-refractivity contribution in [1.29, 1.82) is 0 Å². The molecule has 0 heterocycles. The number of ether oxygens (including phenoxy) is 2. The Morgan fingerprint density at radius 1 is 1.35 bits per heavy atom. The van der Waals surface area contributed by atoms with E-state index < -0.39 is 5.97 Å². The molecule has 1 amide bonds. The van der Waals surface area contributed by atoms with Crippen LogP contribution in [0.5, 0.6) is 5.75 Å². The molecular weight excluding hydrogens is 490 g/mol. The van der Waals surface area contributed by atoms with Gasteiger partial charge in [0.15, 0.2) is 6.61 Å². The number of carbonyl (C=O) groups is 2. The molecule has 8 heteroatoms. The highest BCUT2D eigenvalue weighted by atomic mass is 127. The maximum absolute atomic E-state index is 11.1. The molecule has 6 nitrogen and oxygen atoms in total. The van der Waals surface area contributed by atoms with Gasteiger partial charge in [-0.1, -0.05) is 0 Å². The van der Waals surface area contributed by atoms with Gasteiger partial charge in [-0.3, -0.25) is 4.79 Å². The number of esters is 1. The number of methoxy groups -OCH3 is 1. The van der Waals surface area contributed by atoms with Crippen LogP contribution in [-0.4, -0.2) is 31.8 Å². The second-order valence-electron chi connectivity index (χ2n) is 3.60. The van der Waals surface area contributed by atoms with Crippen molar-refractivity contribution in [3.8, 4) is 5.75 Å². The van der Waals surface area contributed by atoms with Crippen molar-refractivity contribution >= 4 is 63.3 Å². The summed E-state index contributed by atoms with van der Waals surface area (Å²) < 4.78 is 11.6. The molecule has 0 atom stereocenters. The van der Waals surface area contributed by atoms with Crippen LogP contribution in [0.4, 0.5) is 0 Å². The van der Waals surface area contributed by atoms with Crippen molar-refractivity contribution in [2.75, 3.05) is 13.7 Å². The summed E-state index contributed by atoms with van der Waals surface area (Å²) in [5, 5.41) is 3.79. The van der Waals surface area contributed by atoms with Gasteiger partial charge in [0, 0.05) is 6.92 Å². The van der Waals surface area contributed by atoms with Crippen molar-refractivity contribution in [3.63, 3.8) is 0 Å². The van der Waals surface area contributed by atoms with Crippen LogP contribution >= 0.6 is 45.2 Å². The highest BCUT2D eigenvalue weighted by Gasteiger charge is 2.10. The maximum Gasteiger partial charge on any atom is 0.343 e. The third kappa shape index (κ3) is 5.61. The van der Waals surface area contributed by atoms with Gasteiger partial charge in [-0.25, -0.2) is 10.2 Å². The Morgan fingerprint density at radius 2 is 1.95 bits per heavy atom. The number of halogens is 2. The number of hydrazone groups is 1. The zero-order valence-corrected chi connectivity index (χ0v) is 15.1. The summed E-state index contributed by atoms with van der Waals surface area (Å²) in [5.74, 6) is -0.0511. The minimum absolute atomic E-state index is 0.137. The molecule has 0 bridgehead atoms. The fraction of sp³-hybridized carbons (Fsp3) is 0.250. The third-order valence-corrected chi connectivity index (χ3v) is 3.62. The first-order valence-electron chi connectivity index (χ1n) is 5.42. The van der Waals surface area contributed by atoms with Crippen LogP contribution in [0.2, 0.25) is 0 Å². The molecule has 0 aliphatic rings. The van der Waals surface area contributed by atoms with E-state index in [-0.39, 0.29) is 12.5 Å². The summed E-state index contributed by atoms with van der Waals surface area (Å²) in [4.78, 5) is 21.8. The monoisotopic (exact) mass is 502 g/mol. The van der Waals surface area contributed by atoms with E-state index in [1.165, 1.54) is 20.2 Å². The molecule has 0 saturated heterocycles. The van der Waals surface area contributed by atoms with E-state index in [4.69, 9.17) is 4.74 Å². The summed E-state index contributed by atoms with van der Waals surface area (Å²) in [6, 6.07) is 3.67. The highest BCUT2D eigenvalue weighted by Crippen LogP contribution is 2.28. The number of benzene rings is 1. The van der Waals surface area contributed by atoms with Crippen LogP contribution in [0.3, 0.4) is 0 Å². The minimum Gasteiger partial charge on any atom is -0.480 e. The Morgan fingerprint density at radius 3 is 2.45 bits per heavy atom. The molecule has 0 radical (unpaired) electrons. The van der Waals surface area contributed by atoms with Gasteiger partial charge in [-0.15, -0.1) is 0 Å². The molecule has 0 saturated carbocycles. The van der Waals surface area contributed by atoms with Gasteiger partial charge in [0.2, 0.25) is 5.91 Å². The van der Waals surface area contributed by atoms with E-state index in [9.17, 15) is 9.59 Å². The predicted molar refractivity (Wildman–Crippen MR) is 90.8 cm³/mol. The number of carbonyl (C=O) groups excluding carboxylic acids is 2. The van der Waals surface area contributed by atoms with Gasteiger partial charge < -0.3 is 9.47 Å². The fourth-order valence-corrected chi connectivity index (χ4v) is 3.31. The Balaban J connectivity index is 2.83. The molecule has 0 aliphatic carbocycles. The summed E-state index contributed by atoms with van der Waals surface area (Å²) in [5.41, 5.74) is 3.15. The highest BCUT2D eigenvalue weighted by molar-refractivity contribution is 14.1. The molecule has 0 fully saturated rings. The van der Waals surface area contributed by atoms with Gasteiger partial charge in [0.05, 0.1) is 20.5 Å². The minimum atomic E-state index is -0.437. The van der Waals surface area contributed by atoms with E-state index in [1.807, 2.05) is 12.1 Å². The van der Waals surface area contributed by atoms with Crippen molar-refractivity contribution in [2.45, 2.75) is 6.92 Å². The summed E-state index contributed by atoms with van der Waals surface area (Å²) >= 11 is 4.21. The average molecular weight is 502 g/mol. The van der Waals surface area contributed by atoms with Crippen LogP contribution in [0, 0.1) is 7.14 Å². The first kappa shape index (κ1) is 17.1. The fourth-order valence-electron chi connectivity index (χ4n) is 1.18. The first-order chi connectivity index (χ1) is 9.43. The van der Waals surface area contributed by atoms with Crippen LogP contribution in [0.15, 0.2) is 17.2 Å². The van der Waals surface area contributed by atoms with Crippen LogP contribution < -0.4 is 10.2 Å². The summed E-state index contributed by atoms with van der Waals surface area (Å²) in [6.07, 6.45) is 1.54. The third-order valence-electron chi connectivity index (χ3n) is 2.02. The van der Waals surface area contributed by atoms with Crippen molar-refractivity contribution in [2.24, 2.45) is 5.10 Å². The zero-order valence-electron chi connectivity index (χ0n) is 10.8. The number of amides is 1. The Labute approximate surface area is 143 Å². The molecule has 0 unspecified atom stereocenters. The number of nitrogens with zero attached hydrogens (tertiary/aromatic N) is 1. The van der Waals surface area contributed by atoms with Crippen molar-refractivity contribution in [1.82, 2.24) is 5.43 Å². The van der Waals surface area contributed by atoms with E-state index in [0.717, 1.165) is 12.7 Å². The lowest BCUT2D eigenvalue weighted by molar-refractivity contribution is -0.142. The maximum atomic E-state index is 11.1. The summed E-state index contributed by atoms with van der Waals surface area (Å²) in [7, 11) is 1.31. The smallest absolute Gasteiger partial charge is 0.343 e. The SMILES string of the molecule is COC(=O)COc1c(I)cc(/C=N\NC(C)=O)cc1I. The average Bonchev–Trinajstić information content (AvgIpc) is 2.37. The molecule has 1 aromatic carbocycles. The number of hydrogen-bond acceptors (Lipinski definition) is 5. The molecule has 20 heavy (non-hydrogen) atoms. The van der Waals surface area contributed by atoms with Gasteiger partial charge in [0.1, 0.15) is 5.75 Å². The van der Waals surface area contributed by atoms with Crippen molar-refractivity contribution in [3.05, 3.63) is 24.8 Å². The van der Waals surface area contributed by atoms with E-state index in [1.54, 1.807) is 0 Å². The molecule has 0 aliphatic heterocycles. The van der Waals surface area contributed by atoms with Crippen LogP contribution in [0.25, 0.3) is 0 Å². The Kier molecular flexibility index (Phi) is 7.19. The molecule has 1 aromatic rings. The Bertz CT molecular complexity index is 523. The lowest BCUT2D eigenvalue weighted by atomic mass is 10.2. The van der Waals surface area contributed by atoms with Crippen LogP contribution in [0.1, 0.15) is 12.5 Å². The van der Waals surface area contributed by atoms with Gasteiger partial charge in [-0.05, 0) is 62.9 Å². The van der Waals surface area contributed by atoms with Gasteiger partial charge >= 0.3 is 5.97 Å². The lowest BCUT2D eigenvalue weighted by Gasteiger charge is -2.10. The molecular formula is C12H12I2N2O4. The molecule has 108 valence electrons. The van der Waals surface area contributed by atoms with Crippen molar-refractivity contribution < 1.29 is 19.1 Å². The number of hydrogen-bond donors (Lipinski definition) is 1. The van der Waals surface area contributed by atoms with E-state index in [2.05, 4.69) is 60.4 Å². The number of rotatable bonds is 5. The largest absolute Gasteiger partial charge is 0.480 e. The topological polar surface area (TPSA) is 77.0 Å². The van der Waals surface area contributed by atoms with Gasteiger partial charge in [0.25, 0.3) is 0 Å². The quantitative estimate of drug-likeness (QED) is 0.289. The molecule has 1 N–H and O–H groups in total. The van der Waals surface area contributed by atoms with Gasteiger partial charge in [-0.2, -0.15) is 5.10 Å². The zero-order chi connectivity index (χ0) is 15.1. The normalized spacial score (nSPS) is 10.4. The second kappa shape index (κ2) is 8.39. The molecule has 1 rings (SSSR count).